The molecule has 0 unspecified atom stereocenters. The summed E-state index contributed by atoms with van der Waals surface area (Å²) in [5.41, 5.74) is 6.61. The van der Waals surface area contributed by atoms with Crippen molar-refractivity contribution >= 4 is 19.4 Å². The molecule has 2 amide bonds. The Balaban J connectivity index is 2.07. The number of amides is 2. The van der Waals surface area contributed by atoms with Gasteiger partial charge in [0.05, 0.1) is 19.4 Å². The second-order valence-corrected chi connectivity index (χ2v) is 8.58. The maximum Gasteiger partial charge on any atom is 0.335 e. The summed E-state index contributed by atoms with van der Waals surface area (Å²) in [5.74, 6) is -1.77. The molecule has 0 fully saturated rings. The van der Waals surface area contributed by atoms with Gasteiger partial charge in [-0.25, -0.2) is 4.39 Å². The lowest BCUT2D eigenvalue weighted by Crippen LogP contribution is -2.46. The first-order chi connectivity index (χ1) is 14.3. The zero-order valence-corrected chi connectivity index (χ0v) is 17.9. The molecular weight excluding hydrogens is 410 g/mol. The van der Waals surface area contributed by atoms with E-state index in [-0.39, 0.29) is 36.9 Å². The van der Waals surface area contributed by atoms with Crippen LogP contribution >= 0.6 is 7.60 Å². The molecule has 2 aromatic rings. The number of carbonyl (C=O) groups excluding carboxylic acids is 2. The fraction of sp³-hybridized carbons (Fsp3) is 0.333. The second-order valence-electron chi connectivity index (χ2n) is 6.53. The minimum Gasteiger partial charge on any atom is -0.368 e. The lowest BCUT2D eigenvalue weighted by molar-refractivity contribution is -0.119. The molecule has 0 saturated carbocycles. The Kier molecular flexibility index (Phi) is 8.72. The Bertz CT molecular complexity index is 910. The number of hydrogen-bond donors (Lipinski definition) is 2. The molecule has 0 aliphatic rings. The zero-order valence-electron chi connectivity index (χ0n) is 17.0. The number of halogens is 1. The maximum absolute atomic E-state index is 13.9. The Morgan fingerprint density at radius 3 is 2.20 bits per heavy atom. The summed E-state index contributed by atoms with van der Waals surface area (Å²) in [7, 11) is -3.26. The molecule has 162 valence electrons. The number of benzene rings is 2. The number of nitrogens with two attached hydrogens (primary N) is 1. The molecule has 0 saturated heterocycles. The van der Waals surface area contributed by atoms with Crippen LogP contribution in [0, 0.1) is 5.82 Å². The molecule has 1 atom stereocenters. The first-order valence-electron chi connectivity index (χ1n) is 9.58. The van der Waals surface area contributed by atoms with Gasteiger partial charge >= 0.3 is 7.60 Å². The van der Waals surface area contributed by atoms with Gasteiger partial charge in [-0.15, -0.1) is 0 Å². The predicted octanol–water partition coefficient (Wildman–Crippen LogP) is 3.42. The van der Waals surface area contributed by atoms with Crippen LogP contribution in [0.3, 0.4) is 0 Å². The van der Waals surface area contributed by atoms with Gasteiger partial charge < -0.3 is 20.1 Å². The highest BCUT2D eigenvalue weighted by Gasteiger charge is 2.25. The number of primary amides is 1. The largest absolute Gasteiger partial charge is 0.368 e. The SMILES string of the molecule is CCOP(=O)(Cc1ccc(C(=O)N[C@H](Cc2ccccc2F)C(N)=O)cc1)OCC. The van der Waals surface area contributed by atoms with Crippen molar-refractivity contribution in [1.29, 1.82) is 0 Å². The van der Waals surface area contributed by atoms with Crippen LogP contribution in [0.25, 0.3) is 0 Å². The summed E-state index contributed by atoms with van der Waals surface area (Å²) >= 11 is 0. The van der Waals surface area contributed by atoms with Gasteiger partial charge in [0.1, 0.15) is 11.9 Å². The van der Waals surface area contributed by atoms with Crippen molar-refractivity contribution in [2.24, 2.45) is 5.73 Å². The topological polar surface area (TPSA) is 108 Å². The van der Waals surface area contributed by atoms with Gasteiger partial charge in [0, 0.05) is 12.0 Å². The summed E-state index contributed by atoms with van der Waals surface area (Å²) in [4.78, 5) is 24.3. The van der Waals surface area contributed by atoms with Gasteiger partial charge in [-0.2, -0.15) is 0 Å². The quantitative estimate of drug-likeness (QED) is 0.525. The molecular formula is C21H26FN2O5P. The van der Waals surface area contributed by atoms with Crippen LogP contribution in [0.2, 0.25) is 0 Å². The van der Waals surface area contributed by atoms with Crippen molar-refractivity contribution in [2.75, 3.05) is 13.2 Å². The van der Waals surface area contributed by atoms with Gasteiger partial charge in [0.15, 0.2) is 0 Å². The molecule has 0 heterocycles. The Morgan fingerprint density at radius 2 is 1.67 bits per heavy atom. The third kappa shape index (κ3) is 6.76. The van der Waals surface area contributed by atoms with Crippen molar-refractivity contribution in [3.8, 4) is 0 Å². The van der Waals surface area contributed by atoms with E-state index in [1.165, 1.54) is 30.3 Å². The van der Waals surface area contributed by atoms with Crippen molar-refractivity contribution in [3.05, 3.63) is 71.0 Å². The summed E-state index contributed by atoms with van der Waals surface area (Å²) in [6, 6.07) is 11.3. The van der Waals surface area contributed by atoms with Crippen LogP contribution in [0.15, 0.2) is 48.5 Å². The molecule has 0 spiro atoms. The van der Waals surface area contributed by atoms with Crippen molar-refractivity contribution < 1.29 is 27.6 Å². The average Bonchev–Trinajstić information content (AvgIpc) is 2.69. The van der Waals surface area contributed by atoms with Crippen LogP contribution in [0.4, 0.5) is 4.39 Å². The smallest absolute Gasteiger partial charge is 0.335 e. The number of rotatable bonds is 11. The molecule has 0 aliphatic carbocycles. The Labute approximate surface area is 175 Å². The molecule has 7 nitrogen and oxygen atoms in total. The Morgan fingerprint density at radius 1 is 1.07 bits per heavy atom. The van der Waals surface area contributed by atoms with Crippen LogP contribution in [0.5, 0.6) is 0 Å². The van der Waals surface area contributed by atoms with Gasteiger partial charge in [-0.3, -0.25) is 14.2 Å². The lowest BCUT2D eigenvalue weighted by Gasteiger charge is -2.18. The summed E-state index contributed by atoms with van der Waals surface area (Å²) < 4.78 is 37.0. The molecule has 2 aromatic carbocycles. The van der Waals surface area contributed by atoms with E-state index in [1.54, 1.807) is 32.0 Å². The van der Waals surface area contributed by atoms with Crippen LogP contribution in [-0.4, -0.2) is 31.1 Å². The second kappa shape index (κ2) is 11.0. The first-order valence-corrected chi connectivity index (χ1v) is 11.3. The molecule has 0 aromatic heterocycles. The monoisotopic (exact) mass is 436 g/mol. The summed E-state index contributed by atoms with van der Waals surface area (Å²) in [6.45, 7) is 3.98. The maximum atomic E-state index is 13.9. The van der Waals surface area contributed by atoms with E-state index < -0.39 is 31.3 Å². The van der Waals surface area contributed by atoms with E-state index >= 15 is 0 Å². The molecule has 2 rings (SSSR count). The zero-order chi connectivity index (χ0) is 22.1. The number of nitrogens with one attached hydrogen (secondary N) is 1. The van der Waals surface area contributed by atoms with Crippen molar-refractivity contribution in [1.82, 2.24) is 5.32 Å². The highest BCUT2D eigenvalue weighted by Crippen LogP contribution is 2.51. The van der Waals surface area contributed by atoms with E-state index in [0.717, 1.165) is 0 Å². The summed E-state index contributed by atoms with van der Waals surface area (Å²) in [5, 5.41) is 2.53. The fourth-order valence-electron chi connectivity index (χ4n) is 2.86. The lowest BCUT2D eigenvalue weighted by atomic mass is 10.0. The van der Waals surface area contributed by atoms with E-state index in [2.05, 4.69) is 5.32 Å². The standard InChI is InChI=1S/C21H26FN2O5P/c1-3-28-30(27,29-4-2)14-15-9-11-16(12-10-15)21(26)24-19(20(23)25)13-17-7-5-6-8-18(17)22/h5-12,19H,3-4,13-14H2,1-2H3,(H2,23,25)(H,24,26)/t19-/m1/s1. The highest BCUT2D eigenvalue weighted by molar-refractivity contribution is 7.53. The third-order valence-electron chi connectivity index (χ3n) is 4.27. The van der Waals surface area contributed by atoms with E-state index in [1.807, 2.05) is 0 Å². The van der Waals surface area contributed by atoms with Crippen LogP contribution in [0.1, 0.15) is 35.3 Å². The van der Waals surface area contributed by atoms with E-state index in [9.17, 15) is 18.5 Å². The van der Waals surface area contributed by atoms with Gasteiger partial charge in [-0.05, 0) is 43.2 Å². The Hall–Kier alpha value is -2.54. The normalized spacial score (nSPS) is 12.4. The molecule has 9 heteroatoms. The van der Waals surface area contributed by atoms with E-state index in [4.69, 9.17) is 14.8 Å². The van der Waals surface area contributed by atoms with Crippen molar-refractivity contribution in [2.45, 2.75) is 32.5 Å². The highest BCUT2D eigenvalue weighted by atomic mass is 31.2. The minimum absolute atomic E-state index is 0.0578. The van der Waals surface area contributed by atoms with Gasteiger partial charge in [0.2, 0.25) is 5.91 Å². The van der Waals surface area contributed by atoms with Crippen molar-refractivity contribution in [3.63, 3.8) is 0 Å². The predicted molar refractivity (Wildman–Crippen MR) is 112 cm³/mol. The molecule has 0 aliphatic heterocycles. The molecule has 30 heavy (non-hydrogen) atoms. The molecule has 0 bridgehead atoms. The number of hydrogen-bond acceptors (Lipinski definition) is 5. The van der Waals surface area contributed by atoms with Crippen LogP contribution < -0.4 is 11.1 Å². The third-order valence-corrected chi connectivity index (χ3v) is 6.33. The first kappa shape index (κ1) is 23.7. The van der Waals surface area contributed by atoms with E-state index in [0.29, 0.717) is 5.56 Å². The van der Waals surface area contributed by atoms with Gasteiger partial charge in [0.25, 0.3) is 5.91 Å². The van der Waals surface area contributed by atoms with Crippen LogP contribution in [-0.2, 0) is 31.0 Å². The molecule has 3 N–H and O–H groups in total. The average molecular weight is 436 g/mol. The van der Waals surface area contributed by atoms with Gasteiger partial charge in [-0.1, -0.05) is 30.3 Å². The summed E-state index contributed by atoms with van der Waals surface area (Å²) in [6.07, 6.45) is 0.0193. The minimum atomic E-state index is -3.26. The molecule has 0 radical (unpaired) electrons. The fourth-order valence-corrected chi connectivity index (χ4v) is 4.56. The number of carbonyl (C=O) groups is 2.